The molecule has 2 rings (SSSR count). The molecule has 1 N–H and O–H groups in total. The van der Waals surface area contributed by atoms with Gasteiger partial charge in [-0.3, -0.25) is 10.1 Å². The molecule has 0 saturated heterocycles. The lowest BCUT2D eigenvalue weighted by molar-refractivity contribution is -0.384. The third kappa shape index (κ3) is 3.51. The van der Waals surface area contributed by atoms with E-state index in [1.54, 1.807) is 6.20 Å². The van der Waals surface area contributed by atoms with Crippen molar-refractivity contribution in [3.8, 4) is 0 Å². The summed E-state index contributed by atoms with van der Waals surface area (Å²) in [5, 5.41) is 14.0. The van der Waals surface area contributed by atoms with Crippen LogP contribution < -0.4 is 5.32 Å². The molecule has 9 heteroatoms. The quantitative estimate of drug-likeness (QED) is 0.493. The maximum absolute atomic E-state index is 11.6. The second-order valence-electron chi connectivity index (χ2n) is 3.96. The van der Waals surface area contributed by atoms with Gasteiger partial charge in [-0.1, -0.05) is 0 Å². The lowest BCUT2D eigenvalue weighted by Gasteiger charge is -2.07. The predicted octanol–water partition coefficient (Wildman–Crippen LogP) is 1.89. The third-order valence-corrected chi connectivity index (χ3v) is 3.47. The topological polar surface area (TPSA) is 107 Å². The van der Waals surface area contributed by atoms with Crippen LogP contribution in [0.3, 0.4) is 0 Å². The van der Waals surface area contributed by atoms with Gasteiger partial charge in [0.15, 0.2) is 0 Å². The summed E-state index contributed by atoms with van der Waals surface area (Å²) in [6.45, 7) is 0.445. The van der Waals surface area contributed by atoms with Crippen molar-refractivity contribution in [2.75, 3.05) is 19.0 Å². The Bertz CT molecular complexity index is 645. The Morgan fingerprint density at radius 3 is 2.90 bits per heavy atom. The summed E-state index contributed by atoms with van der Waals surface area (Å²) in [5.41, 5.74) is -0.508. The van der Waals surface area contributed by atoms with E-state index in [4.69, 9.17) is 0 Å². The molecular formula is C12H12N4O4S. The number of nitrogens with one attached hydrogen (secondary N) is 1. The van der Waals surface area contributed by atoms with Crippen LogP contribution in [-0.4, -0.2) is 33.9 Å². The lowest BCUT2D eigenvalue weighted by atomic mass is 10.2. The molecule has 0 atom stereocenters. The van der Waals surface area contributed by atoms with Gasteiger partial charge in [0.1, 0.15) is 5.56 Å². The lowest BCUT2D eigenvalue weighted by Crippen LogP contribution is -2.12. The fraction of sp³-hybridized carbons (Fsp3) is 0.250. The SMILES string of the molecule is COC(=O)c1ccnc(NCCc2ccns2)c1[N+](=O)[O-]. The van der Waals surface area contributed by atoms with Gasteiger partial charge in [0.25, 0.3) is 0 Å². The second-order valence-corrected chi connectivity index (χ2v) is 4.88. The van der Waals surface area contributed by atoms with E-state index in [0.717, 1.165) is 4.88 Å². The van der Waals surface area contributed by atoms with Crippen LogP contribution in [0, 0.1) is 10.1 Å². The first-order valence-corrected chi connectivity index (χ1v) is 6.76. The van der Waals surface area contributed by atoms with Crippen LogP contribution >= 0.6 is 11.5 Å². The van der Waals surface area contributed by atoms with Crippen LogP contribution in [0.5, 0.6) is 0 Å². The van der Waals surface area contributed by atoms with E-state index in [0.29, 0.717) is 13.0 Å². The number of nitrogens with zero attached hydrogens (tertiary/aromatic N) is 3. The van der Waals surface area contributed by atoms with E-state index in [1.807, 2.05) is 6.07 Å². The number of carbonyl (C=O) groups excluding carboxylic acids is 1. The first-order chi connectivity index (χ1) is 10.1. The molecule has 0 aliphatic rings. The maximum Gasteiger partial charge on any atom is 0.345 e. The van der Waals surface area contributed by atoms with E-state index >= 15 is 0 Å². The van der Waals surface area contributed by atoms with Crippen LogP contribution in [0.1, 0.15) is 15.2 Å². The van der Waals surface area contributed by atoms with Gasteiger partial charge in [0, 0.05) is 30.2 Å². The van der Waals surface area contributed by atoms with E-state index in [-0.39, 0.29) is 17.1 Å². The molecule has 0 spiro atoms. The number of anilines is 1. The molecule has 0 saturated carbocycles. The number of methoxy groups -OCH3 is 1. The molecular weight excluding hydrogens is 296 g/mol. The molecule has 2 heterocycles. The van der Waals surface area contributed by atoms with E-state index in [1.165, 1.54) is 30.9 Å². The van der Waals surface area contributed by atoms with Crippen molar-refractivity contribution < 1.29 is 14.5 Å². The number of hydrogen-bond acceptors (Lipinski definition) is 8. The van der Waals surface area contributed by atoms with Gasteiger partial charge in [-0.25, -0.2) is 14.2 Å². The van der Waals surface area contributed by atoms with Crippen molar-refractivity contribution in [2.45, 2.75) is 6.42 Å². The zero-order valence-corrected chi connectivity index (χ0v) is 11.9. The minimum absolute atomic E-state index is 0.0485. The fourth-order valence-electron chi connectivity index (χ4n) is 1.72. The monoisotopic (exact) mass is 308 g/mol. The van der Waals surface area contributed by atoms with E-state index < -0.39 is 10.9 Å². The van der Waals surface area contributed by atoms with E-state index in [9.17, 15) is 14.9 Å². The van der Waals surface area contributed by atoms with Crippen LogP contribution in [0.25, 0.3) is 0 Å². The molecule has 2 aromatic rings. The van der Waals surface area contributed by atoms with Crippen LogP contribution in [0.2, 0.25) is 0 Å². The van der Waals surface area contributed by atoms with Crippen molar-refractivity contribution in [1.29, 1.82) is 0 Å². The fourth-order valence-corrected chi connectivity index (χ4v) is 2.29. The maximum atomic E-state index is 11.6. The Kier molecular flexibility index (Phi) is 4.77. The molecule has 0 amide bonds. The first-order valence-electron chi connectivity index (χ1n) is 5.98. The molecule has 21 heavy (non-hydrogen) atoms. The van der Waals surface area contributed by atoms with Gasteiger partial charge >= 0.3 is 11.7 Å². The average molecular weight is 308 g/mol. The largest absolute Gasteiger partial charge is 0.465 e. The third-order valence-electron chi connectivity index (χ3n) is 2.67. The number of pyridine rings is 1. The highest BCUT2D eigenvalue weighted by Gasteiger charge is 2.26. The molecule has 2 aromatic heterocycles. The number of rotatable bonds is 6. The molecule has 110 valence electrons. The Labute approximate surface area is 124 Å². The number of hydrogen-bond donors (Lipinski definition) is 1. The van der Waals surface area contributed by atoms with Crippen molar-refractivity contribution in [3.05, 3.63) is 45.1 Å². The highest BCUT2D eigenvalue weighted by atomic mass is 32.1. The van der Waals surface area contributed by atoms with Crippen molar-refractivity contribution in [2.24, 2.45) is 0 Å². The minimum Gasteiger partial charge on any atom is -0.465 e. The predicted molar refractivity (Wildman–Crippen MR) is 76.5 cm³/mol. The second kappa shape index (κ2) is 6.75. The number of esters is 1. The van der Waals surface area contributed by atoms with Gasteiger partial charge in [-0.15, -0.1) is 0 Å². The standard InChI is InChI=1S/C12H12N4O4S/c1-20-12(17)9-4-6-14-11(10(9)16(18)19)13-5-2-8-3-7-15-21-8/h3-4,6-7H,2,5H2,1H3,(H,13,14). The number of aromatic nitrogens is 2. The number of nitro groups is 1. The van der Waals surface area contributed by atoms with Gasteiger partial charge in [-0.2, -0.15) is 0 Å². The normalized spacial score (nSPS) is 10.1. The summed E-state index contributed by atoms with van der Waals surface area (Å²) < 4.78 is 8.51. The Hall–Kier alpha value is -2.55. The Balaban J connectivity index is 2.18. The van der Waals surface area contributed by atoms with Crippen molar-refractivity contribution in [1.82, 2.24) is 9.36 Å². The van der Waals surface area contributed by atoms with Gasteiger partial charge < -0.3 is 10.1 Å². The van der Waals surface area contributed by atoms with Crippen LogP contribution in [0.15, 0.2) is 24.5 Å². The number of ether oxygens (including phenoxy) is 1. The molecule has 0 aliphatic carbocycles. The Morgan fingerprint density at radius 2 is 2.29 bits per heavy atom. The van der Waals surface area contributed by atoms with E-state index in [2.05, 4.69) is 19.4 Å². The molecule has 0 aromatic carbocycles. The van der Waals surface area contributed by atoms with Crippen molar-refractivity contribution in [3.63, 3.8) is 0 Å². The Morgan fingerprint density at radius 1 is 1.48 bits per heavy atom. The summed E-state index contributed by atoms with van der Waals surface area (Å²) in [6, 6.07) is 3.14. The summed E-state index contributed by atoms with van der Waals surface area (Å²) in [4.78, 5) is 27.1. The van der Waals surface area contributed by atoms with Gasteiger partial charge in [-0.05, 0) is 23.7 Å². The van der Waals surface area contributed by atoms with Gasteiger partial charge in [0.05, 0.1) is 12.0 Å². The molecule has 8 nitrogen and oxygen atoms in total. The van der Waals surface area contributed by atoms with Crippen molar-refractivity contribution >= 4 is 29.0 Å². The summed E-state index contributed by atoms with van der Waals surface area (Å²) in [7, 11) is 1.17. The zero-order valence-electron chi connectivity index (χ0n) is 11.1. The molecule has 0 unspecified atom stereocenters. The smallest absolute Gasteiger partial charge is 0.345 e. The first kappa shape index (κ1) is 14.9. The minimum atomic E-state index is -0.769. The molecule has 0 fully saturated rings. The van der Waals surface area contributed by atoms with Crippen LogP contribution in [-0.2, 0) is 11.2 Å². The summed E-state index contributed by atoms with van der Waals surface area (Å²) in [6.07, 6.45) is 3.68. The summed E-state index contributed by atoms with van der Waals surface area (Å²) >= 11 is 1.36. The number of carbonyl (C=O) groups is 1. The zero-order chi connectivity index (χ0) is 15.2. The molecule has 0 aliphatic heterocycles. The highest BCUT2D eigenvalue weighted by molar-refractivity contribution is 7.05. The molecule has 0 bridgehead atoms. The summed E-state index contributed by atoms with van der Waals surface area (Å²) in [5.74, 6) is -0.720. The average Bonchev–Trinajstić information content (AvgIpc) is 2.99. The van der Waals surface area contributed by atoms with Crippen LogP contribution in [0.4, 0.5) is 11.5 Å². The highest BCUT2D eigenvalue weighted by Crippen LogP contribution is 2.26. The van der Waals surface area contributed by atoms with Gasteiger partial charge in [0.2, 0.25) is 5.82 Å². The molecule has 0 radical (unpaired) electrons.